The number of carbonyl (C=O) groups is 1. The first-order valence-corrected chi connectivity index (χ1v) is 8.51. The van der Waals surface area contributed by atoms with Crippen molar-refractivity contribution in [2.75, 3.05) is 26.9 Å². The SMILES string of the molecule is COCCn1cc2c(n1)C(CNCc1ccco1)OCC2.O=C(O)C(F)(F)F. The summed E-state index contributed by atoms with van der Waals surface area (Å²) in [4.78, 5) is 8.90. The second-order valence-electron chi connectivity index (χ2n) is 5.92. The summed E-state index contributed by atoms with van der Waals surface area (Å²) in [5, 5.41) is 15.1. The van der Waals surface area contributed by atoms with Crippen LogP contribution in [0, 0.1) is 0 Å². The number of furan rings is 1. The minimum atomic E-state index is -5.08. The molecule has 8 nitrogen and oxygen atoms in total. The van der Waals surface area contributed by atoms with Crippen molar-refractivity contribution in [2.24, 2.45) is 0 Å². The third-order valence-electron chi connectivity index (χ3n) is 3.84. The summed E-state index contributed by atoms with van der Waals surface area (Å²) in [5.74, 6) is -1.83. The van der Waals surface area contributed by atoms with Gasteiger partial charge in [0.05, 0.1) is 38.3 Å². The Balaban J connectivity index is 0.000000345. The van der Waals surface area contributed by atoms with Gasteiger partial charge >= 0.3 is 12.1 Å². The normalized spacial score (nSPS) is 16.2. The highest BCUT2D eigenvalue weighted by atomic mass is 19.4. The summed E-state index contributed by atoms with van der Waals surface area (Å²) in [7, 11) is 1.70. The second-order valence-corrected chi connectivity index (χ2v) is 5.92. The molecular weight excluding hydrogens is 383 g/mol. The third kappa shape index (κ3) is 6.66. The average Bonchev–Trinajstić information content (AvgIpc) is 3.29. The van der Waals surface area contributed by atoms with Crippen LogP contribution >= 0.6 is 0 Å². The van der Waals surface area contributed by atoms with E-state index in [-0.39, 0.29) is 6.10 Å². The van der Waals surface area contributed by atoms with Gasteiger partial charge in [-0.2, -0.15) is 18.3 Å². The Labute approximate surface area is 159 Å². The van der Waals surface area contributed by atoms with Crippen molar-refractivity contribution >= 4 is 5.97 Å². The molecule has 11 heteroatoms. The summed E-state index contributed by atoms with van der Waals surface area (Å²) < 4.78 is 49.9. The molecule has 3 heterocycles. The van der Waals surface area contributed by atoms with E-state index in [9.17, 15) is 13.2 Å². The maximum atomic E-state index is 10.6. The number of halogens is 3. The van der Waals surface area contributed by atoms with Crippen LogP contribution in [0.3, 0.4) is 0 Å². The predicted octanol–water partition coefficient (Wildman–Crippen LogP) is 2.16. The first-order valence-electron chi connectivity index (χ1n) is 8.51. The van der Waals surface area contributed by atoms with Gasteiger partial charge in [0, 0.05) is 19.9 Å². The number of hydrogen-bond donors (Lipinski definition) is 2. The van der Waals surface area contributed by atoms with Gasteiger partial charge in [-0.3, -0.25) is 4.68 Å². The van der Waals surface area contributed by atoms with Gasteiger partial charge in [-0.1, -0.05) is 0 Å². The molecule has 0 fully saturated rings. The van der Waals surface area contributed by atoms with Crippen molar-refractivity contribution in [2.45, 2.75) is 31.8 Å². The number of nitrogens with one attached hydrogen (secondary N) is 1. The zero-order valence-corrected chi connectivity index (χ0v) is 15.2. The largest absolute Gasteiger partial charge is 0.490 e. The van der Waals surface area contributed by atoms with Crippen LogP contribution < -0.4 is 5.32 Å². The quantitative estimate of drug-likeness (QED) is 0.728. The monoisotopic (exact) mass is 405 g/mol. The number of rotatable bonds is 7. The number of carboxylic acids is 1. The fourth-order valence-electron chi connectivity index (χ4n) is 2.53. The number of aliphatic carboxylic acids is 1. The van der Waals surface area contributed by atoms with E-state index in [1.54, 1.807) is 13.4 Å². The first kappa shape index (κ1) is 21.9. The Morgan fingerprint density at radius 3 is 2.86 bits per heavy atom. The van der Waals surface area contributed by atoms with E-state index in [4.69, 9.17) is 23.8 Å². The zero-order valence-electron chi connectivity index (χ0n) is 15.2. The van der Waals surface area contributed by atoms with Crippen LogP contribution in [0.4, 0.5) is 13.2 Å². The number of fused-ring (bicyclic) bond motifs is 1. The molecule has 3 rings (SSSR count). The van der Waals surface area contributed by atoms with Crippen LogP contribution in [0.5, 0.6) is 0 Å². The van der Waals surface area contributed by atoms with Crippen LogP contribution in [0.15, 0.2) is 29.0 Å². The van der Waals surface area contributed by atoms with Crippen molar-refractivity contribution < 1.29 is 37.0 Å². The molecule has 2 N–H and O–H groups in total. The molecule has 0 aromatic carbocycles. The summed E-state index contributed by atoms with van der Waals surface area (Å²) >= 11 is 0. The van der Waals surface area contributed by atoms with E-state index in [1.807, 2.05) is 16.8 Å². The van der Waals surface area contributed by atoms with E-state index < -0.39 is 12.1 Å². The lowest BCUT2D eigenvalue weighted by molar-refractivity contribution is -0.192. The Bertz CT molecular complexity index is 731. The average molecular weight is 405 g/mol. The Morgan fingerprint density at radius 2 is 2.25 bits per heavy atom. The van der Waals surface area contributed by atoms with E-state index in [0.29, 0.717) is 13.2 Å². The third-order valence-corrected chi connectivity index (χ3v) is 3.84. The minimum Gasteiger partial charge on any atom is -0.475 e. The summed E-state index contributed by atoms with van der Waals surface area (Å²) in [6, 6.07) is 3.85. The molecule has 0 aliphatic carbocycles. The van der Waals surface area contributed by atoms with Gasteiger partial charge in [-0.25, -0.2) is 4.79 Å². The van der Waals surface area contributed by atoms with Crippen molar-refractivity contribution in [1.29, 1.82) is 0 Å². The number of ether oxygens (including phenoxy) is 2. The molecule has 0 spiro atoms. The molecule has 0 amide bonds. The van der Waals surface area contributed by atoms with Gasteiger partial charge in [0.2, 0.25) is 0 Å². The molecule has 1 atom stereocenters. The van der Waals surface area contributed by atoms with Crippen molar-refractivity contribution in [3.05, 3.63) is 41.6 Å². The molecule has 1 aliphatic rings. The highest BCUT2D eigenvalue weighted by Crippen LogP contribution is 2.25. The van der Waals surface area contributed by atoms with Gasteiger partial charge in [0.15, 0.2) is 0 Å². The lowest BCUT2D eigenvalue weighted by atomic mass is 10.1. The van der Waals surface area contributed by atoms with Crippen LogP contribution in [-0.2, 0) is 33.8 Å². The molecule has 2 aromatic heterocycles. The molecule has 1 unspecified atom stereocenters. The van der Waals surface area contributed by atoms with Crippen LogP contribution in [-0.4, -0.2) is 53.9 Å². The molecule has 1 aliphatic heterocycles. The molecule has 28 heavy (non-hydrogen) atoms. The van der Waals surface area contributed by atoms with Gasteiger partial charge < -0.3 is 24.3 Å². The summed E-state index contributed by atoms with van der Waals surface area (Å²) in [6.45, 7) is 3.62. The molecule has 2 aromatic rings. The number of alkyl halides is 3. The van der Waals surface area contributed by atoms with E-state index in [2.05, 4.69) is 16.6 Å². The van der Waals surface area contributed by atoms with E-state index in [0.717, 1.165) is 37.6 Å². The van der Waals surface area contributed by atoms with Crippen molar-refractivity contribution in [3.8, 4) is 0 Å². The van der Waals surface area contributed by atoms with Gasteiger partial charge in [-0.05, 0) is 24.1 Å². The number of hydrogen-bond acceptors (Lipinski definition) is 6. The summed E-state index contributed by atoms with van der Waals surface area (Å²) in [5.41, 5.74) is 2.33. The highest BCUT2D eigenvalue weighted by molar-refractivity contribution is 5.73. The lowest BCUT2D eigenvalue weighted by Gasteiger charge is -2.22. The zero-order chi connectivity index (χ0) is 20.6. The number of aromatic nitrogens is 2. The summed E-state index contributed by atoms with van der Waals surface area (Å²) in [6.07, 6.45) is -0.357. The Morgan fingerprint density at radius 1 is 1.50 bits per heavy atom. The second kappa shape index (κ2) is 10.2. The highest BCUT2D eigenvalue weighted by Gasteiger charge is 2.38. The standard InChI is InChI=1S/C15H21N3O3.C2HF3O2/c1-19-8-5-18-11-12-4-7-21-14(15(12)17-18)10-16-9-13-3-2-6-20-13;3-2(4,5)1(6)7/h2-3,6,11,14,16H,4-5,7-10H2,1H3;(H,6,7). The van der Waals surface area contributed by atoms with Gasteiger partial charge in [-0.15, -0.1) is 0 Å². The number of methoxy groups -OCH3 is 1. The Hall–Kier alpha value is -2.37. The molecular formula is C17H22F3N3O5. The molecule has 0 bridgehead atoms. The first-order chi connectivity index (χ1) is 13.3. The topological polar surface area (TPSA) is 98.8 Å². The predicted molar refractivity (Wildman–Crippen MR) is 90.6 cm³/mol. The number of carboxylic acid groups (broad SMARTS) is 1. The smallest absolute Gasteiger partial charge is 0.475 e. The fraction of sp³-hybridized carbons (Fsp3) is 0.529. The van der Waals surface area contributed by atoms with Crippen LogP contribution in [0.2, 0.25) is 0 Å². The van der Waals surface area contributed by atoms with E-state index >= 15 is 0 Å². The number of nitrogens with zero attached hydrogens (tertiary/aromatic N) is 2. The van der Waals surface area contributed by atoms with Gasteiger partial charge in [0.25, 0.3) is 0 Å². The molecule has 0 saturated heterocycles. The molecule has 0 radical (unpaired) electrons. The Kier molecular flexibility index (Phi) is 8.03. The minimum absolute atomic E-state index is 0.00695. The van der Waals surface area contributed by atoms with E-state index in [1.165, 1.54) is 5.56 Å². The van der Waals surface area contributed by atoms with Crippen molar-refractivity contribution in [3.63, 3.8) is 0 Å². The van der Waals surface area contributed by atoms with Gasteiger partial charge in [0.1, 0.15) is 11.9 Å². The molecule has 0 saturated carbocycles. The van der Waals surface area contributed by atoms with Crippen LogP contribution in [0.25, 0.3) is 0 Å². The molecule has 156 valence electrons. The fourth-order valence-corrected chi connectivity index (χ4v) is 2.53. The van der Waals surface area contributed by atoms with Crippen LogP contribution in [0.1, 0.15) is 23.1 Å². The maximum absolute atomic E-state index is 10.6. The lowest BCUT2D eigenvalue weighted by Crippen LogP contribution is -2.27. The maximum Gasteiger partial charge on any atom is 0.490 e. The van der Waals surface area contributed by atoms with Crippen molar-refractivity contribution in [1.82, 2.24) is 15.1 Å².